The number of aldehydes is 1. The van der Waals surface area contributed by atoms with Crippen molar-refractivity contribution in [3.05, 3.63) is 68.9 Å². The maximum Gasteiger partial charge on any atom is 0.167 e. The van der Waals surface area contributed by atoms with Gasteiger partial charge in [-0.05, 0) is 5.57 Å². The van der Waals surface area contributed by atoms with Crippen LogP contribution < -0.4 is 5.73 Å². The highest BCUT2D eigenvalue weighted by Gasteiger charge is 2.19. The number of rotatable bonds is 10. The number of likely N-dealkylation sites (N-methyl/N-ethyl adjacent to an activating group) is 1. The van der Waals surface area contributed by atoms with Gasteiger partial charge in [0.05, 0.1) is 34.4 Å². The van der Waals surface area contributed by atoms with E-state index in [-0.39, 0.29) is 0 Å². The van der Waals surface area contributed by atoms with Crippen molar-refractivity contribution in [3.8, 4) is 0 Å². The number of carbonyl (C=O) groups is 1. The molecule has 32 heavy (non-hydrogen) atoms. The molecule has 0 spiro atoms. The van der Waals surface area contributed by atoms with Crippen LogP contribution in [0.15, 0.2) is 57.1 Å². The molecule has 166 valence electrons. The van der Waals surface area contributed by atoms with Gasteiger partial charge < -0.3 is 10.3 Å². The van der Waals surface area contributed by atoms with Gasteiger partial charge in [0.2, 0.25) is 0 Å². The smallest absolute Gasteiger partial charge is 0.167 e. The van der Waals surface area contributed by atoms with E-state index in [4.69, 9.17) is 10.7 Å². The Morgan fingerprint density at radius 2 is 2.22 bits per heavy atom. The Bertz CT molecular complexity index is 1230. The lowest BCUT2D eigenvalue weighted by atomic mass is 10.1. The first-order chi connectivity index (χ1) is 15.4. The largest absolute Gasteiger partial charge is 0.399 e. The van der Waals surface area contributed by atoms with Gasteiger partial charge in [-0.3, -0.25) is 14.8 Å². The van der Waals surface area contributed by atoms with Crippen molar-refractivity contribution < 1.29 is 4.79 Å². The molecule has 0 radical (unpaired) electrons. The van der Waals surface area contributed by atoms with Crippen LogP contribution in [0.25, 0.3) is 10.3 Å². The molecule has 2 N–H and O–H groups in total. The van der Waals surface area contributed by atoms with Gasteiger partial charge in [0.25, 0.3) is 0 Å². The Hall–Kier alpha value is -3.37. The zero-order valence-electron chi connectivity index (χ0n) is 18.3. The van der Waals surface area contributed by atoms with E-state index in [1.165, 1.54) is 0 Å². The van der Waals surface area contributed by atoms with Crippen molar-refractivity contribution in [2.45, 2.75) is 6.42 Å². The van der Waals surface area contributed by atoms with Crippen LogP contribution in [0.3, 0.4) is 0 Å². The SMILES string of the molecule is C=C/C(CN(C)/N=C\c1c(C=O)n(C)c2nc(Cc3cscn3)sc12)=C(/C=NC)C(=C)N. The molecule has 3 rings (SSSR count). The number of aryl methyl sites for hydroxylation is 1. The molecule has 0 aliphatic carbocycles. The van der Waals surface area contributed by atoms with Gasteiger partial charge >= 0.3 is 0 Å². The van der Waals surface area contributed by atoms with Crippen molar-refractivity contribution >= 4 is 51.7 Å². The third-order valence-corrected chi connectivity index (χ3v) is 6.47. The summed E-state index contributed by atoms with van der Waals surface area (Å²) in [7, 11) is 5.34. The fraction of sp³-hybridized carbons (Fsp3) is 0.227. The maximum atomic E-state index is 11.8. The van der Waals surface area contributed by atoms with E-state index in [2.05, 4.69) is 28.2 Å². The number of nitrogens with zero attached hydrogens (tertiary/aromatic N) is 6. The predicted octanol–water partition coefficient (Wildman–Crippen LogP) is 3.42. The van der Waals surface area contributed by atoms with E-state index < -0.39 is 0 Å². The first-order valence-electron chi connectivity index (χ1n) is 9.67. The highest BCUT2D eigenvalue weighted by molar-refractivity contribution is 7.19. The summed E-state index contributed by atoms with van der Waals surface area (Å²) in [5.74, 6) is 0. The zero-order chi connectivity index (χ0) is 23.3. The molecular formula is C22H25N7OS2. The highest BCUT2D eigenvalue weighted by Crippen LogP contribution is 2.30. The van der Waals surface area contributed by atoms with Gasteiger partial charge in [0.1, 0.15) is 5.01 Å². The standard InChI is InChI=1S/C22H25N7OS2/c1-6-15(17(8-24-3)14(2)23)10-28(4)26-9-18-19(11-30)29(5)22-21(18)32-20(27-22)7-16-12-31-13-25-16/h6,8-9,11-13H,1-2,7,10,23H2,3-5H3/b17-15+,24-8?,26-9-. The van der Waals surface area contributed by atoms with Gasteiger partial charge in [-0.1, -0.05) is 19.2 Å². The minimum absolute atomic E-state index is 0.410. The monoisotopic (exact) mass is 467 g/mol. The number of allylic oxidation sites excluding steroid dienone is 1. The van der Waals surface area contributed by atoms with Crippen LogP contribution in [0.4, 0.5) is 0 Å². The Morgan fingerprint density at radius 3 is 2.81 bits per heavy atom. The van der Waals surface area contributed by atoms with Crippen molar-refractivity contribution in [3.63, 3.8) is 0 Å². The first-order valence-corrected chi connectivity index (χ1v) is 11.4. The molecule has 3 heterocycles. The number of hydrazone groups is 1. The van der Waals surface area contributed by atoms with Crippen LogP contribution in [-0.4, -0.2) is 58.9 Å². The third kappa shape index (κ3) is 4.92. The summed E-state index contributed by atoms with van der Waals surface area (Å²) < 4.78 is 2.72. The molecule has 3 aromatic heterocycles. The average molecular weight is 468 g/mol. The lowest BCUT2D eigenvalue weighted by molar-refractivity contribution is 0.111. The van der Waals surface area contributed by atoms with E-state index in [0.29, 0.717) is 24.4 Å². The van der Waals surface area contributed by atoms with Crippen LogP contribution in [0.5, 0.6) is 0 Å². The van der Waals surface area contributed by atoms with Gasteiger partial charge in [-0.15, -0.1) is 22.7 Å². The second-order valence-electron chi connectivity index (χ2n) is 7.01. The molecule has 0 atom stereocenters. The van der Waals surface area contributed by atoms with Crippen LogP contribution in [0.2, 0.25) is 0 Å². The molecule has 10 heteroatoms. The Morgan fingerprint density at radius 1 is 1.44 bits per heavy atom. The molecule has 3 aromatic rings. The second-order valence-corrected chi connectivity index (χ2v) is 8.81. The summed E-state index contributed by atoms with van der Waals surface area (Å²) in [6.45, 7) is 8.12. The van der Waals surface area contributed by atoms with Crippen LogP contribution in [0, 0.1) is 0 Å². The molecule has 0 fully saturated rings. The van der Waals surface area contributed by atoms with Crippen LogP contribution >= 0.6 is 22.7 Å². The van der Waals surface area contributed by atoms with Crippen LogP contribution in [-0.2, 0) is 13.5 Å². The van der Waals surface area contributed by atoms with Crippen molar-refractivity contribution in [2.24, 2.45) is 22.9 Å². The van der Waals surface area contributed by atoms with Crippen LogP contribution in [0.1, 0.15) is 26.8 Å². The molecule has 0 unspecified atom stereocenters. The molecule has 8 nitrogen and oxygen atoms in total. The molecule has 0 bridgehead atoms. The lowest BCUT2D eigenvalue weighted by Gasteiger charge is -2.16. The number of thiazole rings is 2. The fourth-order valence-electron chi connectivity index (χ4n) is 3.20. The molecule has 0 saturated heterocycles. The highest BCUT2D eigenvalue weighted by atomic mass is 32.1. The molecule has 0 aliphatic heterocycles. The van der Waals surface area contributed by atoms with Gasteiger partial charge in [0.15, 0.2) is 11.9 Å². The molecule has 0 aliphatic rings. The Kier molecular flexibility index (Phi) is 7.49. The fourth-order valence-corrected chi connectivity index (χ4v) is 4.88. The summed E-state index contributed by atoms with van der Waals surface area (Å²) >= 11 is 3.11. The number of aromatic nitrogens is 3. The number of hydrogen-bond acceptors (Lipinski definition) is 9. The van der Waals surface area contributed by atoms with E-state index >= 15 is 0 Å². The molecule has 0 saturated carbocycles. The van der Waals surface area contributed by atoms with E-state index in [0.717, 1.165) is 44.0 Å². The van der Waals surface area contributed by atoms with E-state index in [1.54, 1.807) is 57.8 Å². The number of hydrogen-bond donors (Lipinski definition) is 1. The Labute approximate surface area is 194 Å². The van der Waals surface area contributed by atoms with Crippen molar-refractivity contribution in [1.29, 1.82) is 0 Å². The normalized spacial score (nSPS) is 12.6. The molecular weight excluding hydrogens is 442 g/mol. The van der Waals surface area contributed by atoms with E-state index in [1.807, 2.05) is 25.0 Å². The zero-order valence-corrected chi connectivity index (χ0v) is 19.9. The van der Waals surface area contributed by atoms with Crippen molar-refractivity contribution in [1.82, 2.24) is 19.5 Å². The van der Waals surface area contributed by atoms with Crippen molar-refractivity contribution in [2.75, 3.05) is 20.6 Å². The minimum atomic E-state index is 0.410. The maximum absolute atomic E-state index is 11.8. The van der Waals surface area contributed by atoms with Gasteiger partial charge in [0, 0.05) is 56.0 Å². The Balaban J connectivity index is 1.91. The second kappa shape index (κ2) is 10.3. The topological polar surface area (TPSA) is 102 Å². The summed E-state index contributed by atoms with van der Waals surface area (Å²) in [6, 6.07) is 0. The summed E-state index contributed by atoms with van der Waals surface area (Å²) in [5.41, 5.74) is 12.7. The quantitative estimate of drug-likeness (QED) is 0.213. The summed E-state index contributed by atoms with van der Waals surface area (Å²) in [6.07, 6.45) is 6.56. The average Bonchev–Trinajstić information content (AvgIpc) is 3.47. The van der Waals surface area contributed by atoms with E-state index in [9.17, 15) is 4.79 Å². The molecule has 0 aromatic carbocycles. The minimum Gasteiger partial charge on any atom is -0.399 e. The number of aliphatic imine (C=N–C) groups is 1. The lowest BCUT2D eigenvalue weighted by Crippen LogP contribution is -2.17. The van der Waals surface area contributed by atoms with Gasteiger partial charge in [-0.25, -0.2) is 9.97 Å². The number of fused-ring (bicyclic) bond motifs is 1. The summed E-state index contributed by atoms with van der Waals surface area (Å²) in [5, 5.41) is 9.25. The predicted molar refractivity (Wildman–Crippen MR) is 134 cm³/mol. The van der Waals surface area contributed by atoms with Gasteiger partial charge in [-0.2, -0.15) is 5.10 Å². The number of nitrogens with two attached hydrogens (primary N) is 1. The summed E-state index contributed by atoms with van der Waals surface area (Å²) in [4.78, 5) is 24.9. The molecule has 0 amide bonds. The first kappa shape index (κ1) is 23.3. The number of carbonyl (C=O) groups excluding carboxylic acids is 1. The third-order valence-electron chi connectivity index (χ3n) is 4.76.